The van der Waals surface area contributed by atoms with Crippen LogP contribution in [0.2, 0.25) is 0 Å². The molecule has 2 bridgehead atoms. The maximum atomic E-state index is 6.72. The lowest BCUT2D eigenvalue weighted by molar-refractivity contribution is 0.00171. The summed E-state index contributed by atoms with van der Waals surface area (Å²) < 4.78 is 6.72. The van der Waals surface area contributed by atoms with E-state index in [-0.39, 0.29) is 5.22 Å². The minimum absolute atomic E-state index is 0.258. The van der Waals surface area contributed by atoms with Crippen molar-refractivity contribution in [2.24, 2.45) is 11.3 Å². The van der Waals surface area contributed by atoms with Gasteiger partial charge in [0.2, 0.25) is 0 Å². The SMILES string of the molecule is [SiH3]C(OCC12C=CC(CC1)C2)(c1ccccc1)c1ccccc1. The van der Waals surface area contributed by atoms with Crippen LogP contribution in [0.4, 0.5) is 0 Å². The van der Waals surface area contributed by atoms with Gasteiger partial charge in [-0.1, -0.05) is 72.8 Å². The molecule has 1 nitrogen and oxygen atoms in total. The fourth-order valence-corrected chi connectivity index (χ4v) is 4.98. The van der Waals surface area contributed by atoms with Crippen LogP contribution in [0.25, 0.3) is 0 Å². The highest BCUT2D eigenvalue weighted by Gasteiger charge is 2.42. The Labute approximate surface area is 141 Å². The van der Waals surface area contributed by atoms with Gasteiger partial charge in [-0.15, -0.1) is 0 Å². The summed E-state index contributed by atoms with van der Waals surface area (Å²) >= 11 is 0. The average molecular weight is 321 g/mol. The van der Waals surface area contributed by atoms with Crippen LogP contribution in [0.3, 0.4) is 0 Å². The third kappa shape index (κ3) is 2.71. The molecule has 0 radical (unpaired) electrons. The van der Waals surface area contributed by atoms with Crippen molar-refractivity contribution < 1.29 is 4.74 Å². The average Bonchev–Trinajstić information content (AvgIpc) is 3.23. The Kier molecular flexibility index (Phi) is 3.74. The van der Waals surface area contributed by atoms with Crippen molar-refractivity contribution in [3.05, 3.63) is 83.9 Å². The van der Waals surface area contributed by atoms with E-state index in [0.717, 1.165) is 22.8 Å². The maximum Gasteiger partial charge on any atom is 0.0961 e. The number of rotatable bonds is 5. The molecule has 2 atom stereocenters. The molecule has 1 saturated carbocycles. The second-order valence-corrected chi connectivity index (χ2v) is 8.69. The number of hydrogen-bond donors (Lipinski definition) is 0. The molecule has 0 spiro atoms. The molecular formula is C21H24OSi. The number of hydrogen-bond acceptors (Lipinski definition) is 1. The van der Waals surface area contributed by atoms with Crippen LogP contribution in [-0.4, -0.2) is 16.8 Å². The Morgan fingerprint density at radius 2 is 1.61 bits per heavy atom. The molecule has 0 aliphatic heterocycles. The van der Waals surface area contributed by atoms with E-state index in [9.17, 15) is 0 Å². The minimum Gasteiger partial charge on any atom is -0.369 e. The fourth-order valence-electron chi connectivity index (χ4n) is 4.17. The van der Waals surface area contributed by atoms with Crippen LogP contribution < -0.4 is 0 Å². The van der Waals surface area contributed by atoms with Crippen LogP contribution in [-0.2, 0) is 9.96 Å². The first kappa shape index (κ1) is 14.9. The van der Waals surface area contributed by atoms with Gasteiger partial charge in [-0.2, -0.15) is 0 Å². The number of allylic oxidation sites excluding steroid dienone is 1. The van der Waals surface area contributed by atoms with Gasteiger partial charge in [-0.3, -0.25) is 0 Å². The first-order valence-corrected chi connectivity index (χ1v) is 9.65. The molecule has 0 saturated heterocycles. The molecule has 118 valence electrons. The van der Waals surface area contributed by atoms with E-state index in [4.69, 9.17) is 4.74 Å². The van der Waals surface area contributed by atoms with Gasteiger partial charge in [-0.05, 0) is 36.3 Å². The normalized spacial score (nSPS) is 26.0. The van der Waals surface area contributed by atoms with Gasteiger partial charge in [0.05, 0.1) is 22.1 Å². The molecule has 2 aliphatic carbocycles. The second kappa shape index (κ2) is 5.77. The predicted octanol–water partition coefficient (Wildman–Crippen LogP) is 3.63. The van der Waals surface area contributed by atoms with Crippen molar-refractivity contribution in [3.8, 4) is 0 Å². The van der Waals surface area contributed by atoms with Crippen molar-refractivity contribution in [2.45, 2.75) is 24.5 Å². The summed E-state index contributed by atoms with van der Waals surface area (Å²) in [5.74, 6) is 0.801. The van der Waals surface area contributed by atoms with Gasteiger partial charge in [0, 0.05) is 5.41 Å². The molecule has 2 aromatic carbocycles. The molecule has 0 amide bonds. The van der Waals surface area contributed by atoms with Gasteiger partial charge in [0.15, 0.2) is 0 Å². The lowest BCUT2D eigenvalue weighted by Gasteiger charge is -2.35. The zero-order valence-corrected chi connectivity index (χ0v) is 15.7. The Balaban J connectivity index is 1.65. The van der Waals surface area contributed by atoms with Crippen molar-refractivity contribution in [1.82, 2.24) is 0 Å². The van der Waals surface area contributed by atoms with Gasteiger partial charge in [-0.25, -0.2) is 0 Å². The molecule has 2 aliphatic rings. The summed E-state index contributed by atoms with van der Waals surface area (Å²) in [5.41, 5.74) is 2.86. The highest BCUT2D eigenvalue weighted by atomic mass is 28.1. The van der Waals surface area contributed by atoms with Gasteiger partial charge in [0.1, 0.15) is 0 Å². The highest BCUT2D eigenvalue weighted by molar-refractivity contribution is 6.17. The van der Waals surface area contributed by atoms with E-state index in [2.05, 4.69) is 72.8 Å². The van der Waals surface area contributed by atoms with Gasteiger partial charge in [0.25, 0.3) is 0 Å². The molecule has 0 aromatic heterocycles. The first-order chi connectivity index (χ1) is 11.2. The molecule has 4 rings (SSSR count). The standard InChI is InChI=1S/C21H24OSi/c23-21(18-7-3-1-4-8-18,19-9-5-2-6-10-19)22-16-20-13-11-17(15-20)12-14-20/h1-11,13,17H,12,14-16H2,23H3. The molecule has 2 aromatic rings. The Hall–Kier alpha value is -1.64. The van der Waals surface area contributed by atoms with Crippen molar-refractivity contribution >= 4 is 10.2 Å². The van der Waals surface area contributed by atoms with E-state index >= 15 is 0 Å². The third-order valence-electron chi connectivity index (χ3n) is 5.70. The Morgan fingerprint density at radius 1 is 1.00 bits per heavy atom. The Morgan fingerprint density at radius 3 is 2.04 bits per heavy atom. The predicted molar refractivity (Wildman–Crippen MR) is 98.5 cm³/mol. The second-order valence-electron chi connectivity index (χ2n) is 7.28. The zero-order valence-electron chi connectivity index (χ0n) is 13.7. The summed E-state index contributed by atoms with van der Waals surface area (Å²) in [6.07, 6.45) is 8.75. The molecule has 23 heavy (non-hydrogen) atoms. The molecular weight excluding hydrogens is 296 g/mol. The summed E-state index contributed by atoms with van der Waals surface area (Å²) in [4.78, 5) is 0. The van der Waals surface area contributed by atoms with E-state index in [1.165, 1.54) is 30.4 Å². The smallest absolute Gasteiger partial charge is 0.0961 e. The molecule has 0 heterocycles. The number of fused-ring (bicyclic) bond motifs is 2. The van der Waals surface area contributed by atoms with Gasteiger partial charge < -0.3 is 4.74 Å². The summed E-state index contributed by atoms with van der Waals surface area (Å²) in [6, 6.07) is 21.5. The van der Waals surface area contributed by atoms with Crippen molar-refractivity contribution in [2.75, 3.05) is 6.61 Å². The highest BCUT2D eigenvalue weighted by Crippen LogP contribution is 2.50. The quantitative estimate of drug-likeness (QED) is 0.604. The minimum atomic E-state index is -0.258. The molecule has 2 unspecified atom stereocenters. The summed E-state index contributed by atoms with van der Waals surface area (Å²) in [5, 5.41) is -0.258. The topological polar surface area (TPSA) is 9.23 Å². The monoisotopic (exact) mass is 320 g/mol. The van der Waals surface area contributed by atoms with Crippen LogP contribution in [0.1, 0.15) is 30.4 Å². The lowest BCUT2D eigenvalue weighted by atomic mass is 9.88. The molecule has 2 heteroatoms. The van der Waals surface area contributed by atoms with Gasteiger partial charge >= 0.3 is 0 Å². The summed E-state index contributed by atoms with van der Waals surface area (Å²) in [6.45, 7) is 0.841. The molecule has 0 N–H and O–H groups in total. The van der Waals surface area contributed by atoms with E-state index in [0.29, 0.717) is 5.41 Å². The van der Waals surface area contributed by atoms with Crippen molar-refractivity contribution in [3.63, 3.8) is 0 Å². The fraction of sp³-hybridized carbons (Fsp3) is 0.333. The lowest BCUT2D eigenvalue weighted by Crippen LogP contribution is -2.36. The third-order valence-corrected chi connectivity index (χ3v) is 7.14. The largest absolute Gasteiger partial charge is 0.369 e. The van der Waals surface area contributed by atoms with Crippen LogP contribution in [0.5, 0.6) is 0 Å². The first-order valence-electron chi connectivity index (χ1n) is 8.65. The zero-order chi connectivity index (χ0) is 15.8. The Bertz CT molecular complexity index is 655. The summed E-state index contributed by atoms with van der Waals surface area (Å²) in [7, 11) is 0.932. The van der Waals surface area contributed by atoms with Crippen LogP contribution in [0.15, 0.2) is 72.8 Å². The maximum absolute atomic E-state index is 6.72. The van der Waals surface area contributed by atoms with E-state index < -0.39 is 0 Å². The van der Waals surface area contributed by atoms with Crippen LogP contribution >= 0.6 is 0 Å². The van der Waals surface area contributed by atoms with E-state index in [1.54, 1.807) is 0 Å². The van der Waals surface area contributed by atoms with Crippen molar-refractivity contribution in [1.29, 1.82) is 0 Å². The molecule has 1 fully saturated rings. The van der Waals surface area contributed by atoms with Crippen LogP contribution in [0, 0.1) is 11.3 Å². The number of benzene rings is 2. The van der Waals surface area contributed by atoms with E-state index in [1.807, 2.05) is 0 Å². The number of ether oxygens (including phenoxy) is 1.